The van der Waals surface area contributed by atoms with E-state index in [0.29, 0.717) is 23.1 Å². The van der Waals surface area contributed by atoms with Gasteiger partial charge in [0, 0.05) is 5.39 Å². The second-order valence-corrected chi connectivity index (χ2v) is 3.18. The molecule has 0 aliphatic heterocycles. The Bertz CT molecular complexity index is 540. The van der Waals surface area contributed by atoms with E-state index < -0.39 is 5.97 Å². The predicted octanol–water partition coefficient (Wildman–Crippen LogP) is 1.51. The van der Waals surface area contributed by atoms with Crippen molar-refractivity contribution in [2.24, 2.45) is 0 Å². The molecule has 82 valence electrons. The molecule has 0 aliphatic carbocycles. The van der Waals surface area contributed by atoms with E-state index >= 15 is 0 Å². The first-order valence-electron chi connectivity index (χ1n) is 4.84. The highest BCUT2D eigenvalue weighted by Crippen LogP contribution is 2.24. The molecular formula is C11H10N2O3. The van der Waals surface area contributed by atoms with Crippen molar-refractivity contribution in [3.63, 3.8) is 0 Å². The molecule has 0 saturated carbocycles. The minimum atomic E-state index is -0.462. The molecule has 1 aromatic carbocycles. The molecule has 0 unspecified atom stereocenters. The van der Waals surface area contributed by atoms with E-state index in [1.807, 2.05) is 0 Å². The molecule has 0 saturated heterocycles. The highest BCUT2D eigenvalue weighted by atomic mass is 16.5. The molecule has 0 fully saturated rings. The highest BCUT2D eigenvalue weighted by molar-refractivity contribution is 5.96. The van der Waals surface area contributed by atoms with Gasteiger partial charge in [0.1, 0.15) is 11.3 Å². The van der Waals surface area contributed by atoms with Gasteiger partial charge in [0.25, 0.3) is 0 Å². The van der Waals surface area contributed by atoms with E-state index in [0.717, 1.165) is 0 Å². The summed E-state index contributed by atoms with van der Waals surface area (Å²) in [5, 5.41) is 17.7. The minimum absolute atomic E-state index is 0.0753. The van der Waals surface area contributed by atoms with Crippen molar-refractivity contribution in [2.75, 3.05) is 6.61 Å². The largest absolute Gasteiger partial charge is 0.506 e. The van der Waals surface area contributed by atoms with E-state index in [9.17, 15) is 9.90 Å². The molecule has 16 heavy (non-hydrogen) atoms. The van der Waals surface area contributed by atoms with Crippen LogP contribution in [0, 0.1) is 0 Å². The second-order valence-electron chi connectivity index (χ2n) is 3.18. The molecule has 0 aliphatic rings. The number of phenolic OH excluding ortho intramolecular Hbond substituents is 1. The maximum atomic E-state index is 11.5. The summed E-state index contributed by atoms with van der Waals surface area (Å²) >= 11 is 0. The number of aromatic hydroxyl groups is 1. The molecule has 0 amide bonds. The van der Waals surface area contributed by atoms with Gasteiger partial charge < -0.3 is 9.84 Å². The summed E-state index contributed by atoms with van der Waals surface area (Å²) in [5.41, 5.74) is 0.676. The van der Waals surface area contributed by atoms with Crippen LogP contribution in [0.2, 0.25) is 0 Å². The van der Waals surface area contributed by atoms with Crippen molar-refractivity contribution in [1.82, 2.24) is 10.2 Å². The second kappa shape index (κ2) is 4.14. The van der Waals surface area contributed by atoms with Crippen molar-refractivity contribution in [3.8, 4) is 5.75 Å². The van der Waals surface area contributed by atoms with Crippen LogP contribution in [-0.2, 0) is 4.74 Å². The lowest BCUT2D eigenvalue weighted by molar-refractivity contribution is 0.0526. The summed E-state index contributed by atoms with van der Waals surface area (Å²) < 4.78 is 4.85. The van der Waals surface area contributed by atoms with Crippen LogP contribution in [0.5, 0.6) is 5.75 Å². The average molecular weight is 218 g/mol. The molecule has 0 spiro atoms. The first-order valence-corrected chi connectivity index (χ1v) is 4.84. The standard InChI is InChI=1S/C11H10N2O3/c1-2-16-11(15)8-5-7-3-4-12-13-10(7)9(14)6-8/h3-6,14H,2H2,1H3. The summed E-state index contributed by atoms with van der Waals surface area (Å²) in [5.74, 6) is -0.537. The van der Waals surface area contributed by atoms with E-state index in [1.54, 1.807) is 19.1 Å². The van der Waals surface area contributed by atoms with Crippen LogP contribution in [-0.4, -0.2) is 27.9 Å². The summed E-state index contributed by atoms with van der Waals surface area (Å²) in [4.78, 5) is 11.5. The molecule has 5 nitrogen and oxygen atoms in total. The van der Waals surface area contributed by atoms with Crippen molar-refractivity contribution >= 4 is 16.9 Å². The maximum absolute atomic E-state index is 11.5. The number of ether oxygens (including phenoxy) is 1. The lowest BCUT2D eigenvalue weighted by atomic mass is 10.1. The Labute approximate surface area is 91.7 Å². The minimum Gasteiger partial charge on any atom is -0.506 e. The predicted molar refractivity (Wildman–Crippen MR) is 57.2 cm³/mol. The lowest BCUT2D eigenvalue weighted by Crippen LogP contribution is -2.04. The van der Waals surface area contributed by atoms with Gasteiger partial charge in [-0.15, -0.1) is 5.10 Å². The molecule has 2 rings (SSSR count). The van der Waals surface area contributed by atoms with Crippen LogP contribution in [0.4, 0.5) is 0 Å². The SMILES string of the molecule is CCOC(=O)c1cc(O)c2nnccc2c1. The number of hydrogen-bond donors (Lipinski definition) is 1. The first-order chi connectivity index (χ1) is 7.72. The summed E-state index contributed by atoms with van der Waals surface area (Å²) in [7, 11) is 0. The van der Waals surface area contributed by atoms with Gasteiger partial charge in [0.2, 0.25) is 0 Å². The molecule has 5 heteroatoms. The normalized spacial score (nSPS) is 10.3. The zero-order chi connectivity index (χ0) is 11.5. The van der Waals surface area contributed by atoms with Crippen LogP contribution in [0.15, 0.2) is 24.4 Å². The Morgan fingerprint density at radius 3 is 3.06 bits per heavy atom. The van der Waals surface area contributed by atoms with Crippen LogP contribution >= 0.6 is 0 Å². The number of phenols is 1. The number of fused-ring (bicyclic) bond motifs is 1. The third kappa shape index (κ3) is 1.79. The topological polar surface area (TPSA) is 72.3 Å². The van der Waals surface area contributed by atoms with E-state index in [-0.39, 0.29) is 5.75 Å². The van der Waals surface area contributed by atoms with Gasteiger partial charge in [0.05, 0.1) is 18.4 Å². The Balaban J connectivity index is 2.53. The fourth-order valence-electron chi connectivity index (χ4n) is 1.41. The molecule has 0 bridgehead atoms. The smallest absolute Gasteiger partial charge is 0.338 e. The van der Waals surface area contributed by atoms with Crippen LogP contribution in [0.25, 0.3) is 10.9 Å². The third-order valence-corrected chi connectivity index (χ3v) is 2.11. The molecule has 0 radical (unpaired) electrons. The summed E-state index contributed by atoms with van der Waals surface area (Å²) in [6.07, 6.45) is 1.50. The van der Waals surface area contributed by atoms with Crippen molar-refractivity contribution in [2.45, 2.75) is 6.92 Å². The average Bonchev–Trinajstić information content (AvgIpc) is 2.29. The Kier molecular flexibility index (Phi) is 2.68. The molecule has 1 N–H and O–H groups in total. The van der Waals surface area contributed by atoms with Gasteiger partial charge in [0.15, 0.2) is 0 Å². The number of aromatic nitrogens is 2. The number of rotatable bonds is 2. The van der Waals surface area contributed by atoms with Crippen LogP contribution in [0.1, 0.15) is 17.3 Å². The number of carbonyl (C=O) groups is 1. The van der Waals surface area contributed by atoms with Gasteiger partial charge in [-0.2, -0.15) is 5.10 Å². The zero-order valence-corrected chi connectivity index (χ0v) is 8.67. The molecular weight excluding hydrogens is 208 g/mol. The zero-order valence-electron chi connectivity index (χ0n) is 8.67. The fraction of sp³-hybridized carbons (Fsp3) is 0.182. The summed E-state index contributed by atoms with van der Waals surface area (Å²) in [6.45, 7) is 2.02. The number of carbonyl (C=O) groups excluding carboxylic acids is 1. The fourth-order valence-corrected chi connectivity index (χ4v) is 1.41. The third-order valence-electron chi connectivity index (χ3n) is 2.11. The van der Waals surface area contributed by atoms with Gasteiger partial charge in [-0.3, -0.25) is 0 Å². The lowest BCUT2D eigenvalue weighted by Gasteiger charge is -2.04. The number of benzene rings is 1. The summed E-state index contributed by atoms with van der Waals surface area (Å²) in [6, 6.07) is 4.61. The Morgan fingerprint density at radius 2 is 2.31 bits per heavy atom. The number of hydrogen-bond acceptors (Lipinski definition) is 5. The van der Waals surface area contributed by atoms with Crippen molar-refractivity contribution in [3.05, 3.63) is 30.0 Å². The van der Waals surface area contributed by atoms with Crippen LogP contribution in [0.3, 0.4) is 0 Å². The molecule has 2 aromatic rings. The molecule has 0 atom stereocenters. The Morgan fingerprint density at radius 1 is 1.50 bits per heavy atom. The molecule has 1 aromatic heterocycles. The quantitative estimate of drug-likeness (QED) is 0.773. The van der Waals surface area contributed by atoms with E-state index in [2.05, 4.69) is 10.2 Å². The highest BCUT2D eigenvalue weighted by Gasteiger charge is 2.11. The van der Waals surface area contributed by atoms with Gasteiger partial charge in [-0.25, -0.2) is 4.79 Å². The monoisotopic (exact) mass is 218 g/mol. The van der Waals surface area contributed by atoms with E-state index in [1.165, 1.54) is 12.3 Å². The Hall–Kier alpha value is -2.17. The first kappa shape index (κ1) is 10.4. The van der Waals surface area contributed by atoms with Gasteiger partial charge >= 0.3 is 5.97 Å². The maximum Gasteiger partial charge on any atom is 0.338 e. The number of esters is 1. The van der Waals surface area contributed by atoms with E-state index in [4.69, 9.17) is 4.74 Å². The molecule has 1 heterocycles. The van der Waals surface area contributed by atoms with Crippen molar-refractivity contribution < 1.29 is 14.6 Å². The van der Waals surface area contributed by atoms with Gasteiger partial charge in [-0.1, -0.05) is 0 Å². The van der Waals surface area contributed by atoms with Crippen molar-refractivity contribution in [1.29, 1.82) is 0 Å². The number of nitrogens with zero attached hydrogens (tertiary/aromatic N) is 2. The van der Waals surface area contributed by atoms with Crippen LogP contribution < -0.4 is 0 Å². The van der Waals surface area contributed by atoms with Gasteiger partial charge in [-0.05, 0) is 25.1 Å².